The number of ether oxygens (including phenoxy) is 2. The molecule has 1 heterocycles. The van der Waals surface area contributed by atoms with E-state index in [4.69, 9.17) is 9.47 Å². The third kappa shape index (κ3) is 3.95. The summed E-state index contributed by atoms with van der Waals surface area (Å²) in [7, 11) is 1.76. The Bertz CT molecular complexity index is 144. The van der Waals surface area contributed by atoms with E-state index in [0.29, 0.717) is 18.0 Å². The second-order valence-corrected chi connectivity index (χ2v) is 4.39. The summed E-state index contributed by atoms with van der Waals surface area (Å²) in [6.45, 7) is 7.01. The standard InChI is InChI=1S/C11H23NO2/c1-9(2)11(8-13-3)12-10-5-4-6-14-7-10/h9-12H,4-8H2,1-3H3. The van der Waals surface area contributed by atoms with E-state index < -0.39 is 0 Å². The van der Waals surface area contributed by atoms with Crippen LogP contribution in [0, 0.1) is 5.92 Å². The van der Waals surface area contributed by atoms with Crippen molar-refractivity contribution in [3.8, 4) is 0 Å². The predicted octanol–water partition coefficient (Wildman–Crippen LogP) is 1.43. The molecular weight excluding hydrogens is 178 g/mol. The highest BCUT2D eigenvalue weighted by atomic mass is 16.5. The summed E-state index contributed by atoms with van der Waals surface area (Å²) >= 11 is 0. The van der Waals surface area contributed by atoms with E-state index in [1.54, 1.807) is 7.11 Å². The van der Waals surface area contributed by atoms with Crippen LogP contribution in [0.2, 0.25) is 0 Å². The van der Waals surface area contributed by atoms with Gasteiger partial charge in [0.2, 0.25) is 0 Å². The number of hydrogen-bond donors (Lipinski definition) is 1. The largest absolute Gasteiger partial charge is 0.383 e. The molecule has 0 saturated carbocycles. The molecular formula is C11H23NO2. The van der Waals surface area contributed by atoms with E-state index in [9.17, 15) is 0 Å². The molecule has 3 heteroatoms. The summed E-state index contributed by atoms with van der Waals surface area (Å²) in [5.41, 5.74) is 0. The molecule has 3 nitrogen and oxygen atoms in total. The highest BCUT2D eigenvalue weighted by Gasteiger charge is 2.20. The summed E-state index contributed by atoms with van der Waals surface area (Å²) in [5.74, 6) is 0.608. The van der Waals surface area contributed by atoms with Crippen molar-refractivity contribution in [2.45, 2.75) is 38.8 Å². The van der Waals surface area contributed by atoms with Crippen molar-refractivity contribution < 1.29 is 9.47 Å². The van der Waals surface area contributed by atoms with E-state index >= 15 is 0 Å². The summed E-state index contributed by atoms with van der Waals surface area (Å²) in [5, 5.41) is 3.61. The molecule has 0 radical (unpaired) electrons. The second kappa shape index (κ2) is 6.38. The molecule has 1 N–H and O–H groups in total. The summed E-state index contributed by atoms with van der Waals surface area (Å²) in [4.78, 5) is 0. The first-order valence-electron chi connectivity index (χ1n) is 5.56. The fourth-order valence-corrected chi connectivity index (χ4v) is 1.79. The Morgan fingerprint density at radius 3 is 2.79 bits per heavy atom. The van der Waals surface area contributed by atoms with Gasteiger partial charge in [0.15, 0.2) is 0 Å². The lowest BCUT2D eigenvalue weighted by Gasteiger charge is -2.30. The van der Waals surface area contributed by atoms with Crippen LogP contribution >= 0.6 is 0 Å². The van der Waals surface area contributed by atoms with Gasteiger partial charge in [-0.2, -0.15) is 0 Å². The molecule has 14 heavy (non-hydrogen) atoms. The third-order valence-corrected chi connectivity index (χ3v) is 2.76. The normalized spacial score (nSPS) is 25.3. The molecule has 0 aliphatic carbocycles. The van der Waals surface area contributed by atoms with Crippen molar-refractivity contribution >= 4 is 0 Å². The molecule has 1 aliphatic heterocycles. The number of rotatable bonds is 5. The van der Waals surface area contributed by atoms with Crippen molar-refractivity contribution in [1.29, 1.82) is 0 Å². The minimum absolute atomic E-state index is 0.451. The average Bonchev–Trinajstić information content (AvgIpc) is 2.18. The molecule has 0 amide bonds. The van der Waals surface area contributed by atoms with Gasteiger partial charge in [-0.25, -0.2) is 0 Å². The Kier molecular flexibility index (Phi) is 5.45. The molecule has 0 aromatic rings. The fourth-order valence-electron chi connectivity index (χ4n) is 1.79. The van der Waals surface area contributed by atoms with Crippen LogP contribution in [0.5, 0.6) is 0 Å². The Balaban J connectivity index is 2.29. The van der Waals surface area contributed by atoms with Crippen LogP contribution in [-0.2, 0) is 9.47 Å². The zero-order chi connectivity index (χ0) is 10.4. The molecule has 0 aromatic carbocycles. The van der Waals surface area contributed by atoms with Gasteiger partial charge >= 0.3 is 0 Å². The van der Waals surface area contributed by atoms with Crippen molar-refractivity contribution in [2.24, 2.45) is 5.92 Å². The lowest BCUT2D eigenvalue weighted by atomic mass is 10.0. The van der Waals surface area contributed by atoms with Gasteiger partial charge in [0.05, 0.1) is 13.2 Å². The lowest BCUT2D eigenvalue weighted by Crippen LogP contribution is -2.47. The molecule has 1 fully saturated rings. The quantitative estimate of drug-likeness (QED) is 0.730. The highest BCUT2D eigenvalue weighted by Crippen LogP contribution is 2.10. The van der Waals surface area contributed by atoms with Gasteiger partial charge in [0.1, 0.15) is 0 Å². The minimum Gasteiger partial charge on any atom is -0.383 e. The van der Waals surface area contributed by atoms with Crippen LogP contribution in [-0.4, -0.2) is 39.0 Å². The van der Waals surface area contributed by atoms with Gasteiger partial charge in [-0.15, -0.1) is 0 Å². The first-order chi connectivity index (χ1) is 6.74. The van der Waals surface area contributed by atoms with Crippen LogP contribution in [0.4, 0.5) is 0 Å². The van der Waals surface area contributed by atoms with E-state index in [0.717, 1.165) is 19.8 Å². The first kappa shape index (κ1) is 12.0. The zero-order valence-corrected chi connectivity index (χ0v) is 9.58. The molecule has 1 saturated heterocycles. The molecule has 2 atom stereocenters. The van der Waals surface area contributed by atoms with Crippen LogP contribution in [0.15, 0.2) is 0 Å². The zero-order valence-electron chi connectivity index (χ0n) is 9.58. The molecule has 2 unspecified atom stereocenters. The van der Waals surface area contributed by atoms with Gasteiger partial charge in [-0.05, 0) is 18.8 Å². The first-order valence-corrected chi connectivity index (χ1v) is 5.56. The SMILES string of the molecule is COCC(NC1CCCOC1)C(C)C. The third-order valence-electron chi connectivity index (χ3n) is 2.76. The fraction of sp³-hybridized carbons (Fsp3) is 1.00. The number of nitrogens with one attached hydrogen (secondary N) is 1. The minimum atomic E-state index is 0.451. The maximum atomic E-state index is 5.44. The molecule has 1 aliphatic rings. The van der Waals surface area contributed by atoms with Crippen LogP contribution in [0.25, 0.3) is 0 Å². The van der Waals surface area contributed by atoms with Gasteiger partial charge in [-0.1, -0.05) is 13.8 Å². The van der Waals surface area contributed by atoms with Gasteiger partial charge in [-0.3, -0.25) is 0 Å². The van der Waals surface area contributed by atoms with E-state index in [1.165, 1.54) is 12.8 Å². The molecule has 0 spiro atoms. The van der Waals surface area contributed by atoms with Gasteiger partial charge in [0, 0.05) is 25.8 Å². The molecule has 84 valence electrons. The van der Waals surface area contributed by atoms with Crippen molar-refractivity contribution in [3.63, 3.8) is 0 Å². The van der Waals surface area contributed by atoms with Crippen LogP contribution in [0.3, 0.4) is 0 Å². The molecule has 1 rings (SSSR count). The van der Waals surface area contributed by atoms with E-state index in [2.05, 4.69) is 19.2 Å². The van der Waals surface area contributed by atoms with Crippen molar-refractivity contribution in [1.82, 2.24) is 5.32 Å². The second-order valence-electron chi connectivity index (χ2n) is 4.39. The predicted molar refractivity (Wildman–Crippen MR) is 57.5 cm³/mol. The Morgan fingerprint density at radius 2 is 2.29 bits per heavy atom. The van der Waals surface area contributed by atoms with Gasteiger partial charge in [0.25, 0.3) is 0 Å². The summed E-state index contributed by atoms with van der Waals surface area (Å²) in [6.07, 6.45) is 2.41. The monoisotopic (exact) mass is 201 g/mol. The maximum Gasteiger partial charge on any atom is 0.0619 e. The van der Waals surface area contributed by atoms with Crippen LogP contribution < -0.4 is 5.32 Å². The average molecular weight is 201 g/mol. The number of methoxy groups -OCH3 is 1. The topological polar surface area (TPSA) is 30.5 Å². The summed E-state index contributed by atoms with van der Waals surface area (Å²) < 4.78 is 10.6. The lowest BCUT2D eigenvalue weighted by molar-refractivity contribution is 0.0544. The highest BCUT2D eigenvalue weighted by molar-refractivity contribution is 4.78. The number of hydrogen-bond acceptors (Lipinski definition) is 3. The smallest absolute Gasteiger partial charge is 0.0619 e. The molecule has 0 aromatic heterocycles. The van der Waals surface area contributed by atoms with E-state index in [1.807, 2.05) is 0 Å². The Morgan fingerprint density at radius 1 is 1.50 bits per heavy atom. The summed E-state index contributed by atoms with van der Waals surface area (Å²) in [6, 6.07) is 0.970. The van der Waals surface area contributed by atoms with Crippen LogP contribution in [0.1, 0.15) is 26.7 Å². The Hall–Kier alpha value is -0.120. The van der Waals surface area contributed by atoms with E-state index in [-0.39, 0.29) is 0 Å². The maximum absolute atomic E-state index is 5.44. The van der Waals surface area contributed by atoms with Crippen molar-refractivity contribution in [3.05, 3.63) is 0 Å². The van der Waals surface area contributed by atoms with Crippen molar-refractivity contribution in [2.75, 3.05) is 26.9 Å². The Labute approximate surface area is 87.2 Å². The van der Waals surface area contributed by atoms with Gasteiger partial charge < -0.3 is 14.8 Å². The molecule has 0 bridgehead atoms.